The van der Waals surface area contributed by atoms with Crippen molar-refractivity contribution in [2.75, 3.05) is 19.5 Å². The standard InChI is InChI=1S/C15H23NO2/c1-17-13-9-10-14(15(11-13)18-2)16-12-7-5-3-4-6-8-12/h9-12,16H,3-8H2,1-2H3. The fraction of sp³-hybridized carbons (Fsp3) is 0.600. The first-order chi connectivity index (χ1) is 8.83. The van der Waals surface area contributed by atoms with E-state index in [2.05, 4.69) is 5.32 Å². The van der Waals surface area contributed by atoms with Crippen LogP contribution in [0, 0.1) is 0 Å². The third kappa shape index (κ3) is 3.31. The molecule has 1 aliphatic carbocycles. The van der Waals surface area contributed by atoms with Crippen LogP contribution in [0.1, 0.15) is 38.5 Å². The molecule has 0 aromatic heterocycles. The number of anilines is 1. The maximum Gasteiger partial charge on any atom is 0.145 e. The van der Waals surface area contributed by atoms with E-state index in [1.165, 1.54) is 38.5 Å². The first-order valence-electron chi connectivity index (χ1n) is 6.82. The van der Waals surface area contributed by atoms with E-state index in [0.29, 0.717) is 6.04 Å². The van der Waals surface area contributed by atoms with Gasteiger partial charge in [0.15, 0.2) is 0 Å². The molecule has 0 unspecified atom stereocenters. The summed E-state index contributed by atoms with van der Waals surface area (Å²) in [4.78, 5) is 0. The Hall–Kier alpha value is -1.38. The molecule has 18 heavy (non-hydrogen) atoms. The zero-order valence-corrected chi connectivity index (χ0v) is 11.4. The monoisotopic (exact) mass is 249 g/mol. The highest BCUT2D eigenvalue weighted by Crippen LogP contribution is 2.31. The van der Waals surface area contributed by atoms with Crippen molar-refractivity contribution in [3.05, 3.63) is 18.2 Å². The Morgan fingerprint density at radius 2 is 1.72 bits per heavy atom. The first-order valence-corrected chi connectivity index (χ1v) is 6.82. The number of ether oxygens (including phenoxy) is 2. The van der Waals surface area contributed by atoms with E-state index in [4.69, 9.17) is 9.47 Å². The van der Waals surface area contributed by atoms with Gasteiger partial charge in [-0.25, -0.2) is 0 Å². The molecule has 0 amide bonds. The Kier molecular flexibility index (Phi) is 4.73. The second-order valence-electron chi connectivity index (χ2n) is 4.90. The molecule has 0 atom stereocenters. The quantitative estimate of drug-likeness (QED) is 0.822. The molecule has 1 aromatic rings. The largest absolute Gasteiger partial charge is 0.497 e. The van der Waals surface area contributed by atoms with Crippen LogP contribution in [0.2, 0.25) is 0 Å². The van der Waals surface area contributed by atoms with Crippen molar-refractivity contribution in [3.63, 3.8) is 0 Å². The summed E-state index contributed by atoms with van der Waals surface area (Å²) in [6.45, 7) is 0. The van der Waals surface area contributed by atoms with Gasteiger partial charge in [0.05, 0.1) is 19.9 Å². The van der Waals surface area contributed by atoms with Crippen molar-refractivity contribution in [1.82, 2.24) is 0 Å². The van der Waals surface area contributed by atoms with E-state index in [1.807, 2.05) is 18.2 Å². The maximum absolute atomic E-state index is 5.42. The third-order valence-electron chi connectivity index (χ3n) is 3.62. The molecule has 1 aliphatic rings. The zero-order chi connectivity index (χ0) is 12.8. The normalized spacial score (nSPS) is 17.0. The molecule has 0 spiro atoms. The summed E-state index contributed by atoms with van der Waals surface area (Å²) in [6.07, 6.45) is 7.92. The Morgan fingerprint density at radius 3 is 2.33 bits per heavy atom. The summed E-state index contributed by atoms with van der Waals surface area (Å²) in [7, 11) is 3.38. The van der Waals surface area contributed by atoms with E-state index in [1.54, 1.807) is 14.2 Å². The fourth-order valence-corrected chi connectivity index (χ4v) is 2.56. The molecule has 1 N–H and O–H groups in total. The molecule has 0 heterocycles. The molecule has 0 aliphatic heterocycles. The van der Waals surface area contributed by atoms with Crippen LogP contribution in [0.4, 0.5) is 5.69 Å². The number of rotatable bonds is 4. The lowest BCUT2D eigenvalue weighted by molar-refractivity contribution is 0.395. The number of nitrogens with one attached hydrogen (secondary N) is 1. The molecular formula is C15H23NO2. The smallest absolute Gasteiger partial charge is 0.145 e. The van der Waals surface area contributed by atoms with Gasteiger partial charge in [-0.3, -0.25) is 0 Å². The predicted molar refractivity (Wildman–Crippen MR) is 74.7 cm³/mol. The molecular weight excluding hydrogens is 226 g/mol. The summed E-state index contributed by atoms with van der Waals surface area (Å²) in [6, 6.07) is 6.53. The van der Waals surface area contributed by atoms with Crippen LogP contribution >= 0.6 is 0 Å². The van der Waals surface area contributed by atoms with Crippen molar-refractivity contribution in [2.45, 2.75) is 44.6 Å². The van der Waals surface area contributed by atoms with Crippen molar-refractivity contribution in [2.24, 2.45) is 0 Å². The zero-order valence-electron chi connectivity index (χ0n) is 11.4. The molecule has 100 valence electrons. The third-order valence-corrected chi connectivity index (χ3v) is 3.62. The summed E-state index contributed by atoms with van der Waals surface area (Å²) >= 11 is 0. The fourth-order valence-electron chi connectivity index (χ4n) is 2.56. The number of hydrogen-bond donors (Lipinski definition) is 1. The van der Waals surface area contributed by atoms with Crippen LogP contribution in [0.5, 0.6) is 11.5 Å². The van der Waals surface area contributed by atoms with Gasteiger partial charge in [0.2, 0.25) is 0 Å². The van der Waals surface area contributed by atoms with E-state index >= 15 is 0 Å². The lowest BCUT2D eigenvalue weighted by Crippen LogP contribution is -2.18. The molecule has 1 fully saturated rings. The summed E-state index contributed by atoms with van der Waals surface area (Å²) in [5.41, 5.74) is 1.07. The average molecular weight is 249 g/mol. The van der Waals surface area contributed by atoms with Crippen molar-refractivity contribution in [1.29, 1.82) is 0 Å². The maximum atomic E-state index is 5.42. The van der Waals surface area contributed by atoms with Gasteiger partial charge in [-0.2, -0.15) is 0 Å². The predicted octanol–water partition coefficient (Wildman–Crippen LogP) is 3.84. The minimum atomic E-state index is 0.579. The highest BCUT2D eigenvalue weighted by molar-refractivity contribution is 5.59. The minimum absolute atomic E-state index is 0.579. The van der Waals surface area contributed by atoms with Gasteiger partial charge in [0, 0.05) is 12.1 Å². The van der Waals surface area contributed by atoms with Crippen LogP contribution in [0.3, 0.4) is 0 Å². The van der Waals surface area contributed by atoms with E-state index in [-0.39, 0.29) is 0 Å². The van der Waals surface area contributed by atoms with Gasteiger partial charge in [0.1, 0.15) is 11.5 Å². The van der Waals surface area contributed by atoms with Gasteiger partial charge in [-0.05, 0) is 25.0 Å². The molecule has 1 aromatic carbocycles. The van der Waals surface area contributed by atoms with Crippen molar-refractivity contribution in [3.8, 4) is 11.5 Å². The highest BCUT2D eigenvalue weighted by Gasteiger charge is 2.14. The highest BCUT2D eigenvalue weighted by atomic mass is 16.5. The number of benzene rings is 1. The van der Waals surface area contributed by atoms with Gasteiger partial charge in [-0.15, -0.1) is 0 Å². The second kappa shape index (κ2) is 6.53. The first kappa shape index (κ1) is 13.1. The van der Waals surface area contributed by atoms with Crippen LogP contribution in [-0.4, -0.2) is 20.3 Å². The summed E-state index contributed by atoms with van der Waals surface area (Å²) in [5, 5.41) is 3.61. The molecule has 3 heteroatoms. The van der Waals surface area contributed by atoms with Crippen LogP contribution in [0.15, 0.2) is 18.2 Å². The van der Waals surface area contributed by atoms with Gasteiger partial charge in [-0.1, -0.05) is 25.7 Å². The number of hydrogen-bond acceptors (Lipinski definition) is 3. The van der Waals surface area contributed by atoms with E-state index in [9.17, 15) is 0 Å². The Labute approximate surface area is 109 Å². The van der Waals surface area contributed by atoms with E-state index < -0.39 is 0 Å². The van der Waals surface area contributed by atoms with Gasteiger partial charge in [0.25, 0.3) is 0 Å². The molecule has 0 saturated heterocycles. The second-order valence-corrected chi connectivity index (χ2v) is 4.90. The van der Waals surface area contributed by atoms with Crippen LogP contribution in [-0.2, 0) is 0 Å². The van der Waals surface area contributed by atoms with Crippen LogP contribution < -0.4 is 14.8 Å². The topological polar surface area (TPSA) is 30.5 Å². The Balaban J connectivity index is 2.07. The summed E-state index contributed by atoms with van der Waals surface area (Å²) < 4.78 is 10.6. The SMILES string of the molecule is COc1ccc(NC2CCCCCC2)c(OC)c1. The molecule has 3 nitrogen and oxygen atoms in total. The lowest BCUT2D eigenvalue weighted by atomic mass is 10.1. The lowest BCUT2D eigenvalue weighted by Gasteiger charge is -2.20. The van der Waals surface area contributed by atoms with Gasteiger partial charge < -0.3 is 14.8 Å². The van der Waals surface area contributed by atoms with Crippen molar-refractivity contribution >= 4 is 5.69 Å². The summed E-state index contributed by atoms with van der Waals surface area (Å²) in [5.74, 6) is 1.69. The molecule has 2 rings (SSSR count). The molecule has 0 radical (unpaired) electrons. The molecule has 1 saturated carbocycles. The van der Waals surface area contributed by atoms with Crippen molar-refractivity contribution < 1.29 is 9.47 Å². The minimum Gasteiger partial charge on any atom is -0.497 e. The molecule has 0 bridgehead atoms. The van der Waals surface area contributed by atoms with Crippen LogP contribution in [0.25, 0.3) is 0 Å². The van der Waals surface area contributed by atoms with Gasteiger partial charge >= 0.3 is 0 Å². The number of methoxy groups -OCH3 is 2. The Bertz CT molecular complexity index is 371. The average Bonchev–Trinajstić information content (AvgIpc) is 2.68. The van der Waals surface area contributed by atoms with E-state index in [0.717, 1.165) is 17.2 Å². The Morgan fingerprint density at radius 1 is 1.00 bits per heavy atom.